The van der Waals surface area contributed by atoms with Crippen LogP contribution in [0.2, 0.25) is 0 Å². The van der Waals surface area contributed by atoms with Crippen LogP contribution in [0.5, 0.6) is 0 Å². The molecule has 0 spiro atoms. The fourth-order valence-corrected chi connectivity index (χ4v) is 1.44. The van der Waals surface area contributed by atoms with E-state index in [-0.39, 0.29) is 11.5 Å². The van der Waals surface area contributed by atoms with E-state index in [9.17, 15) is 0 Å². The summed E-state index contributed by atoms with van der Waals surface area (Å²) in [6, 6.07) is 8.57. The topological polar surface area (TPSA) is 26.0 Å². The Morgan fingerprint density at radius 1 is 1.21 bits per heavy atom. The van der Waals surface area contributed by atoms with Crippen molar-refractivity contribution in [2.75, 3.05) is 0 Å². The zero-order valence-electron chi connectivity index (χ0n) is 9.05. The molecule has 0 amide bonds. The van der Waals surface area contributed by atoms with Crippen LogP contribution in [-0.2, 0) is 6.42 Å². The molecule has 0 heterocycles. The second-order valence-electron chi connectivity index (χ2n) is 4.80. The van der Waals surface area contributed by atoms with E-state index in [0.29, 0.717) is 0 Å². The Morgan fingerprint density at radius 2 is 1.71 bits per heavy atom. The average molecular weight is 256 g/mol. The van der Waals surface area contributed by atoms with Crippen molar-refractivity contribution in [3.05, 3.63) is 34.3 Å². The van der Waals surface area contributed by atoms with Crippen molar-refractivity contribution in [2.45, 2.75) is 33.2 Å². The molecule has 1 aromatic carbocycles. The van der Waals surface area contributed by atoms with Gasteiger partial charge in [0.1, 0.15) is 0 Å². The highest BCUT2D eigenvalue weighted by atomic mass is 79.9. The molecule has 1 aromatic rings. The van der Waals surface area contributed by atoms with Crippen molar-refractivity contribution in [1.29, 1.82) is 0 Å². The number of hydrogen-bond donors (Lipinski definition) is 1. The van der Waals surface area contributed by atoms with E-state index >= 15 is 0 Å². The zero-order valence-corrected chi connectivity index (χ0v) is 10.6. The van der Waals surface area contributed by atoms with Gasteiger partial charge in [-0.05, 0) is 29.5 Å². The molecule has 0 fully saturated rings. The first-order valence-corrected chi connectivity index (χ1v) is 5.69. The van der Waals surface area contributed by atoms with E-state index in [4.69, 9.17) is 5.73 Å². The molecule has 14 heavy (non-hydrogen) atoms. The van der Waals surface area contributed by atoms with Crippen LogP contribution in [0.3, 0.4) is 0 Å². The van der Waals surface area contributed by atoms with E-state index in [1.54, 1.807) is 0 Å². The maximum absolute atomic E-state index is 6.11. The third kappa shape index (κ3) is 3.43. The lowest BCUT2D eigenvalue weighted by Crippen LogP contribution is -2.36. The largest absolute Gasteiger partial charge is 0.327 e. The van der Waals surface area contributed by atoms with Crippen LogP contribution in [0.25, 0.3) is 0 Å². The molecule has 0 saturated heterocycles. The Labute approximate surface area is 94.8 Å². The fourth-order valence-electron chi connectivity index (χ4n) is 1.18. The summed E-state index contributed by atoms with van der Waals surface area (Å²) in [4.78, 5) is 0. The zero-order chi connectivity index (χ0) is 10.8. The van der Waals surface area contributed by atoms with Crippen LogP contribution in [-0.4, -0.2) is 6.04 Å². The summed E-state index contributed by atoms with van der Waals surface area (Å²) in [5.74, 6) is 0. The Morgan fingerprint density at radius 3 is 2.14 bits per heavy atom. The summed E-state index contributed by atoms with van der Waals surface area (Å²) in [7, 11) is 0. The Hall–Kier alpha value is -0.340. The van der Waals surface area contributed by atoms with Crippen LogP contribution in [0.15, 0.2) is 28.7 Å². The minimum atomic E-state index is 0.174. The van der Waals surface area contributed by atoms with Crippen LogP contribution < -0.4 is 5.73 Å². The van der Waals surface area contributed by atoms with Crippen molar-refractivity contribution in [3.63, 3.8) is 0 Å². The summed E-state index contributed by atoms with van der Waals surface area (Å²) in [5.41, 5.74) is 7.58. The van der Waals surface area contributed by atoms with Gasteiger partial charge in [0.15, 0.2) is 0 Å². The van der Waals surface area contributed by atoms with E-state index in [0.717, 1.165) is 10.9 Å². The van der Waals surface area contributed by atoms with Crippen molar-refractivity contribution >= 4 is 15.9 Å². The molecule has 1 atom stereocenters. The van der Waals surface area contributed by atoms with Gasteiger partial charge in [0.2, 0.25) is 0 Å². The number of benzene rings is 1. The first kappa shape index (κ1) is 11.7. The number of hydrogen-bond acceptors (Lipinski definition) is 1. The van der Waals surface area contributed by atoms with Gasteiger partial charge < -0.3 is 5.73 Å². The highest BCUT2D eigenvalue weighted by molar-refractivity contribution is 9.10. The lowest BCUT2D eigenvalue weighted by molar-refractivity contribution is 0.318. The average Bonchev–Trinajstić information content (AvgIpc) is 2.07. The van der Waals surface area contributed by atoms with Crippen molar-refractivity contribution in [3.8, 4) is 0 Å². The number of rotatable bonds is 2. The molecule has 1 unspecified atom stereocenters. The van der Waals surface area contributed by atoms with Crippen molar-refractivity contribution in [1.82, 2.24) is 0 Å². The van der Waals surface area contributed by atoms with E-state index in [2.05, 4.69) is 61.0 Å². The summed E-state index contributed by atoms with van der Waals surface area (Å²) in [5, 5.41) is 0. The van der Waals surface area contributed by atoms with E-state index in [1.807, 2.05) is 0 Å². The van der Waals surface area contributed by atoms with Gasteiger partial charge in [0, 0.05) is 10.5 Å². The minimum absolute atomic E-state index is 0.174. The third-order valence-corrected chi connectivity index (χ3v) is 3.01. The Bertz CT molecular complexity index is 284. The molecule has 0 aliphatic rings. The molecule has 1 rings (SSSR count). The van der Waals surface area contributed by atoms with Crippen LogP contribution in [0, 0.1) is 5.41 Å². The molecule has 0 aliphatic carbocycles. The lowest BCUT2D eigenvalue weighted by Gasteiger charge is -2.27. The normalized spacial score (nSPS) is 14.1. The van der Waals surface area contributed by atoms with E-state index < -0.39 is 0 Å². The van der Waals surface area contributed by atoms with Crippen LogP contribution >= 0.6 is 15.9 Å². The summed E-state index contributed by atoms with van der Waals surface area (Å²) >= 11 is 3.42. The highest BCUT2D eigenvalue weighted by Gasteiger charge is 2.20. The predicted octanol–water partition coefficient (Wildman–Crippen LogP) is 3.37. The van der Waals surface area contributed by atoms with Crippen LogP contribution in [0.1, 0.15) is 26.3 Å². The van der Waals surface area contributed by atoms with Gasteiger partial charge in [-0.2, -0.15) is 0 Å². The van der Waals surface area contributed by atoms with Gasteiger partial charge in [-0.15, -0.1) is 0 Å². The van der Waals surface area contributed by atoms with Crippen molar-refractivity contribution in [2.24, 2.45) is 11.1 Å². The molecule has 2 N–H and O–H groups in total. The van der Waals surface area contributed by atoms with Gasteiger partial charge in [0.25, 0.3) is 0 Å². The summed E-state index contributed by atoms with van der Waals surface area (Å²) < 4.78 is 1.12. The Balaban J connectivity index is 2.65. The number of nitrogens with two attached hydrogens (primary N) is 1. The van der Waals surface area contributed by atoms with Gasteiger partial charge >= 0.3 is 0 Å². The molecule has 78 valence electrons. The molecule has 0 aromatic heterocycles. The monoisotopic (exact) mass is 255 g/mol. The second kappa shape index (κ2) is 4.45. The molecule has 1 nitrogen and oxygen atoms in total. The summed E-state index contributed by atoms with van der Waals surface area (Å²) in [6.07, 6.45) is 0.941. The number of halogens is 1. The molecular weight excluding hydrogens is 238 g/mol. The fraction of sp³-hybridized carbons (Fsp3) is 0.500. The van der Waals surface area contributed by atoms with Crippen LogP contribution in [0.4, 0.5) is 0 Å². The van der Waals surface area contributed by atoms with Gasteiger partial charge in [-0.1, -0.05) is 48.8 Å². The molecule has 2 heteroatoms. The maximum atomic E-state index is 6.11. The van der Waals surface area contributed by atoms with Crippen molar-refractivity contribution < 1.29 is 0 Å². The molecule has 0 radical (unpaired) electrons. The molecule has 0 saturated carbocycles. The summed E-state index contributed by atoms with van der Waals surface area (Å²) in [6.45, 7) is 6.53. The third-order valence-electron chi connectivity index (χ3n) is 2.48. The quantitative estimate of drug-likeness (QED) is 0.862. The molecular formula is C12H18BrN. The maximum Gasteiger partial charge on any atom is 0.0175 e. The van der Waals surface area contributed by atoms with E-state index in [1.165, 1.54) is 5.56 Å². The first-order chi connectivity index (χ1) is 6.39. The smallest absolute Gasteiger partial charge is 0.0175 e. The van der Waals surface area contributed by atoms with Gasteiger partial charge in [-0.25, -0.2) is 0 Å². The Kier molecular flexibility index (Phi) is 3.73. The first-order valence-electron chi connectivity index (χ1n) is 4.89. The van der Waals surface area contributed by atoms with Gasteiger partial charge in [-0.3, -0.25) is 0 Å². The molecule has 0 aliphatic heterocycles. The predicted molar refractivity (Wildman–Crippen MR) is 65.3 cm³/mol. The minimum Gasteiger partial charge on any atom is -0.327 e. The highest BCUT2D eigenvalue weighted by Crippen LogP contribution is 2.21. The second-order valence-corrected chi connectivity index (χ2v) is 5.72. The SMILES string of the molecule is CC(C)(C)C(N)Cc1ccc(Br)cc1. The molecule has 0 bridgehead atoms. The standard InChI is InChI=1S/C12H18BrN/c1-12(2,3)11(14)8-9-4-6-10(13)7-5-9/h4-7,11H,8,14H2,1-3H3. The lowest BCUT2D eigenvalue weighted by atomic mass is 9.84. The van der Waals surface area contributed by atoms with Gasteiger partial charge in [0.05, 0.1) is 0 Å².